The summed E-state index contributed by atoms with van der Waals surface area (Å²) in [6.45, 7) is 7.67. The van der Waals surface area contributed by atoms with Crippen LogP contribution in [0.25, 0.3) is 0 Å². The summed E-state index contributed by atoms with van der Waals surface area (Å²) < 4.78 is 21.4. The summed E-state index contributed by atoms with van der Waals surface area (Å²) >= 11 is 0. The first-order valence-electron chi connectivity index (χ1n) is 12.9. The SMILES string of the molecule is COC(=O)CC1=C2CC3C(=O)C(C)(C)C(CC(=O)OC)C(C)(C3=O)C2CCC1(C)C(OC)c1ccoc1. The third kappa shape index (κ3) is 3.99. The Hall–Kier alpha value is -2.74. The quantitative estimate of drug-likeness (QED) is 0.294. The van der Waals surface area contributed by atoms with Gasteiger partial charge in [0.05, 0.1) is 51.6 Å². The average Bonchev–Trinajstić information content (AvgIpc) is 3.39. The van der Waals surface area contributed by atoms with E-state index in [1.165, 1.54) is 14.2 Å². The van der Waals surface area contributed by atoms with Crippen LogP contribution in [0.15, 0.2) is 34.2 Å². The van der Waals surface area contributed by atoms with Gasteiger partial charge in [0, 0.05) is 28.9 Å². The van der Waals surface area contributed by atoms with Crippen LogP contribution in [0, 0.1) is 34.0 Å². The molecule has 0 amide bonds. The van der Waals surface area contributed by atoms with Crippen LogP contribution >= 0.6 is 0 Å². The number of carbonyl (C=O) groups is 4. The number of rotatable bonds is 7. The minimum absolute atomic E-state index is 0.0205. The topological polar surface area (TPSA) is 109 Å². The van der Waals surface area contributed by atoms with Crippen LogP contribution in [-0.2, 0) is 33.4 Å². The maximum atomic E-state index is 14.0. The smallest absolute Gasteiger partial charge is 0.309 e. The molecule has 1 aromatic heterocycles. The van der Waals surface area contributed by atoms with Gasteiger partial charge in [-0.2, -0.15) is 0 Å². The Kier molecular flexibility index (Phi) is 7.03. The van der Waals surface area contributed by atoms with Gasteiger partial charge in [0.25, 0.3) is 0 Å². The molecular formula is C29H38O8. The molecule has 2 bridgehead atoms. The second-order valence-electron chi connectivity index (χ2n) is 11.8. The summed E-state index contributed by atoms with van der Waals surface area (Å²) in [5.74, 6) is -2.64. The first-order chi connectivity index (χ1) is 17.4. The van der Waals surface area contributed by atoms with E-state index >= 15 is 0 Å². The summed E-state index contributed by atoms with van der Waals surface area (Å²) in [5, 5.41) is 0. The van der Waals surface area contributed by atoms with E-state index in [0.29, 0.717) is 12.8 Å². The number of hydrogen-bond donors (Lipinski definition) is 0. The highest BCUT2D eigenvalue weighted by Gasteiger charge is 2.67. The van der Waals surface area contributed by atoms with Crippen molar-refractivity contribution in [1.29, 1.82) is 0 Å². The normalized spacial score (nSPS) is 33.5. The van der Waals surface area contributed by atoms with Crippen LogP contribution < -0.4 is 0 Å². The molecule has 0 N–H and O–H groups in total. The van der Waals surface area contributed by atoms with Crippen molar-refractivity contribution in [3.05, 3.63) is 35.3 Å². The number of ether oxygens (including phenoxy) is 3. The zero-order valence-corrected chi connectivity index (χ0v) is 22.8. The molecule has 202 valence electrons. The van der Waals surface area contributed by atoms with Crippen LogP contribution in [0.4, 0.5) is 0 Å². The van der Waals surface area contributed by atoms with E-state index in [2.05, 4.69) is 6.92 Å². The Labute approximate surface area is 218 Å². The highest BCUT2D eigenvalue weighted by atomic mass is 16.5. The Morgan fingerprint density at radius 1 is 1.05 bits per heavy atom. The molecule has 0 aliphatic heterocycles. The van der Waals surface area contributed by atoms with Crippen molar-refractivity contribution < 1.29 is 37.8 Å². The van der Waals surface area contributed by atoms with Crippen molar-refractivity contribution in [3.63, 3.8) is 0 Å². The van der Waals surface area contributed by atoms with Crippen molar-refractivity contribution >= 4 is 23.5 Å². The number of allylic oxidation sites excluding steroid dienone is 1. The van der Waals surface area contributed by atoms with Crippen molar-refractivity contribution in [2.24, 2.45) is 34.0 Å². The fourth-order valence-electron chi connectivity index (χ4n) is 7.86. The van der Waals surface area contributed by atoms with Crippen LogP contribution in [0.3, 0.4) is 0 Å². The molecule has 8 heteroatoms. The molecule has 6 unspecified atom stereocenters. The molecule has 3 aliphatic rings. The van der Waals surface area contributed by atoms with E-state index in [-0.39, 0.29) is 42.7 Å². The lowest BCUT2D eigenvalue weighted by Gasteiger charge is -2.60. The minimum atomic E-state index is -0.954. The predicted octanol–water partition coefficient (Wildman–Crippen LogP) is 4.63. The van der Waals surface area contributed by atoms with Crippen LogP contribution in [0.2, 0.25) is 0 Å². The van der Waals surface area contributed by atoms with E-state index in [1.54, 1.807) is 19.6 Å². The van der Waals surface area contributed by atoms with Gasteiger partial charge in [0.1, 0.15) is 11.6 Å². The number of ketones is 2. The van der Waals surface area contributed by atoms with E-state index in [0.717, 1.165) is 16.7 Å². The van der Waals surface area contributed by atoms with Gasteiger partial charge in [-0.25, -0.2) is 0 Å². The summed E-state index contributed by atoms with van der Waals surface area (Å²) in [5.41, 5.74) is 0.241. The van der Waals surface area contributed by atoms with Crippen LogP contribution in [0.5, 0.6) is 0 Å². The Balaban J connectivity index is 1.94. The van der Waals surface area contributed by atoms with Gasteiger partial charge >= 0.3 is 11.9 Å². The number of hydrogen-bond acceptors (Lipinski definition) is 8. The number of methoxy groups -OCH3 is 3. The molecule has 1 aromatic rings. The maximum absolute atomic E-state index is 14.0. The van der Waals surface area contributed by atoms with Gasteiger partial charge in [-0.3, -0.25) is 19.2 Å². The molecule has 0 aromatic carbocycles. The van der Waals surface area contributed by atoms with Crippen molar-refractivity contribution in [2.45, 2.75) is 65.9 Å². The highest BCUT2D eigenvalue weighted by molar-refractivity contribution is 6.11. The molecule has 3 aliphatic carbocycles. The summed E-state index contributed by atoms with van der Waals surface area (Å²) in [6, 6.07) is 1.85. The van der Waals surface area contributed by atoms with Crippen molar-refractivity contribution in [1.82, 2.24) is 0 Å². The molecule has 1 heterocycles. The minimum Gasteiger partial charge on any atom is -0.472 e. The molecule has 6 atom stereocenters. The van der Waals surface area contributed by atoms with Gasteiger partial charge in [-0.1, -0.05) is 38.8 Å². The highest BCUT2D eigenvalue weighted by Crippen LogP contribution is 2.66. The monoisotopic (exact) mass is 514 g/mol. The molecule has 2 fully saturated rings. The Morgan fingerprint density at radius 2 is 1.73 bits per heavy atom. The third-order valence-electron chi connectivity index (χ3n) is 9.80. The maximum Gasteiger partial charge on any atom is 0.309 e. The van der Waals surface area contributed by atoms with Crippen molar-refractivity contribution in [2.75, 3.05) is 21.3 Å². The zero-order chi connectivity index (χ0) is 27.3. The molecule has 0 radical (unpaired) electrons. The first-order valence-corrected chi connectivity index (χ1v) is 12.9. The molecular weight excluding hydrogens is 476 g/mol. The fraction of sp³-hybridized carbons (Fsp3) is 0.655. The average molecular weight is 515 g/mol. The third-order valence-corrected chi connectivity index (χ3v) is 9.80. The summed E-state index contributed by atoms with van der Waals surface area (Å²) in [7, 11) is 4.31. The molecule has 37 heavy (non-hydrogen) atoms. The van der Waals surface area contributed by atoms with Gasteiger partial charge < -0.3 is 18.6 Å². The zero-order valence-electron chi connectivity index (χ0n) is 22.8. The fourth-order valence-corrected chi connectivity index (χ4v) is 7.86. The second kappa shape index (κ2) is 9.53. The van der Waals surface area contributed by atoms with Gasteiger partial charge in [0.15, 0.2) is 0 Å². The molecule has 4 rings (SSSR count). The van der Waals surface area contributed by atoms with E-state index in [4.69, 9.17) is 18.6 Å². The lowest BCUT2D eigenvalue weighted by Crippen LogP contribution is -2.64. The molecule has 2 saturated carbocycles. The summed E-state index contributed by atoms with van der Waals surface area (Å²) in [4.78, 5) is 53.0. The van der Waals surface area contributed by atoms with Gasteiger partial charge in [-0.05, 0) is 37.2 Å². The van der Waals surface area contributed by atoms with Crippen LogP contribution in [-0.4, -0.2) is 44.8 Å². The van der Waals surface area contributed by atoms with E-state index in [9.17, 15) is 19.2 Å². The van der Waals surface area contributed by atoms with Gasteiger partial charge in [-0.15, -0.1) is 0 Å². The number of fused-ring (bicyclic) bond motifs is 4. The van der Waals surface area contributed by atoms with E-state index < -0.39 is 40.2 Å². The molecule has 0 spiro atoms. The van der Waals surface area contributed by atoms with Crippen molar-refractivity contribution in [3.8, 4) is 0 Å². The number of furan rings is 1. The lowest BCUT2D eigenvalue weighted by atomic mass is 9.41. The second-order valence-corrected chi connectivity index (χ2v) is 11.8. The number of carbonyl (C=O) groups excluding carboxylic acids is 4. The molecule has 8 nitrogen and oxygen atoms in total. The Morgan fingerprint density at radius 3 is 2.30 bits per heavy atom. The number of Topliss-reactive ketones (excluding diaryl/α,β-unsaturated/α-hetero) is 2. The first kappa shape index (κ1) is 27.3. The van der Waals surface area contributed by atoms with Crippen LogP contribution in [0.1, 0.15) is 71.5 Å². The predicted molar refractivity (Wildman–Crippen MR) is 133 cm³/mol. The Bertz CT molecular complexity index is 1130. The lowest BCUT2D eigenvalue weighted by molar-refractivity contribution is -0.171. The van der Waals surface area contributed by atoms with Gasteiger partial charge in [0.2, 0.25) is 0 Å². The van der Waals surface area contributed by atoms with E-state index in [1.807, 2.05) is 26.8 Å². The standard InChI is InChI=1S/C29H38O8/c1-27(2)21(14-23(31)35-6)29(4)19-8-10-28(3,26(36-7)16-9-11-37-15-16)20(13-22(30)34-5)17(19)12-18(24(27)32)25(29)33/h9,11,15,18-19,21,26H,8,10,12-14H2,1-7H3. The number of esters is 2. The molecule has 0 saturated heterocycles. The summed E-state index contributed by atoms with van der Waals surface area (Å²) in [6.07, 6.45) is 4.42. The largest absolute Gasteiger partial charge is 0.472 e.